The number of carboxylic acid groups (broad SMARTS) is 2. The average Bonchev–Trinajstić information content (AvgIpc) is 2.43. The molecule has 0 amide bonds. The molecule has 6 nitrogen and oxygen atoms in total. The molecule has 0 saturated heterocycles. The van der Waals surface area contributed by atoms with Gasteiger partial charge < -0.3 is 20.6 Å². The molecule has 0 aromatic heterocycles. The van der Waals surface area contributed by atoms with Crippen LogP contribution >= 0.6 is 11.6 Å². The van der Waals surface area contributed by atoms with Crippen molar-refractivity contribution in [2.75, 3.05) is 0 Å². The minimum absolute atomic E-state index is 0.0149. The molecule has 0 spiro atoms. The van der Waals surface area contributed by atoms with Crippen LogP contribution in [0.2, 0.25) is 5.02 Å². The zero-order valence-corrected chi connectivity index (χ0v) is 14.9. The second-order valence-electron chi connectivity index (χ2n) is 6.19. The molecule has 0 radical (unpaired) electrons. The van der Waals surface area contributed by atoms with Crippen LogP contribution in [-0.4, -0.2) is 38.8 Å². The molecular weight excluding hydrogens is 334 g/mol. The first-order chi connectivity index (χ1) is 10.9. The van der Waals surface area contributed by atoms with Crippen molar-refractivity contribution in [2.24, 2.45) is 0 Å². The van der Waals surface area contributed by atoms with Gasteiger partial charge in [-0.3, -0.25) is 0 Å². The second-order valence-corrected chi connectivity index (χ2v) is 6.63. The first-order valence-corrected chi connectivity index (χ1v) is 7.65. The number of hydrogen-bond donors (Lipinski definition) is 4. The van der Waals surface area contributed by atoms with Gasteiger partial charge in [0.25, 0.3) is 0 Å². The van der Waals surface area contributed by atoms with E-state index in [1.807, 2.05) is 19.1 Å². The van der Waals surface area contributed by atoms with Gasteiger partial charge in [-0.2, -0.15) is 0 Å². The highest BCUT2D eigenvalue weighted by Crippen LogP contribution is 2.21. The summed E-state index contributed by atoms with van der Waals surface area (Å²) in [6.07, 6.45) is 0.572. The molecule has 0 aliphatic carbocycles. The maximum atomic E-state index is 10.2. The van der Waals surface area contributed by atoms with Gasteiger partial charge in [0.05, 0.1) is 6.10 Å². The fraction of sp³-hybridized carbons (Fsp3) is 0.412. The Balaban J connectivity index is 0.000000561. The summed E-state index contributed by atoms with van der Waals surface area (Å²) in [6.45, 7) is 8.20. The molecule has 24 heavy (non-hydrogen) atoms. The van der Waals surface area contributed by atoms with Crippen LogP contribution in [0.25, 0.3) is 0 Å². The van der Waals surface area contributed by atoms with Crippen LogP contribution in [-0.2, 0) is 9.59 Å². The van der Waals surface area contributed by atoms with Gasteiger partial charge in [0.1, 0.15) is 0 Å². The highest BCUT2D eigenvalue weighted by Gasteiger charge is 2.21. The van der Waals surface area contributed by atoms with E-state index in [0.717, 1.165) is 5.56 Å². The smallest absolute Gasteiger partial charge is 0.328 e. The zero-order chi connectivity index (χ0) is 18.9. The van der Waals surface area contributed by atoms with Gasteiger partial charge in [-0.15, -0.1) is 0 Å². The standard InChI is InChI=1S/C13H20ClNO.C4H4O4/c1-9(15-13(2,3)4)12(16)10-6-5-7-11(14)8-10;5-3(6)1-2-4(7)8/h5-9,12,15-16H,1-4H3;1-2H,(H,5,6)(H,7,8)/b;2-1-/t9-,12-;/m0./s1. The van der Waals surface area contributed by atoms with Crippen molar-refractivity contribution < 1.29 is 24.9 Å². The maximum Gasteiger partial charge on any atom is 0.328 e. The second kappa shape index (κ2) is 10.1. The van der Waals surface area contributed by atoms with E-state index in [2.05, 4.69) is 26.1 Å². The zero-order valence-electron chi connectivity index (χ0n) is 14.2. The summed E-state index contributed by atoms with van der Waals surface area (Å²) in [5.74, 6) is -2.51. The molecule has 0 aliphatic rings. The first kappa shape index (κ1) is 22.1. The van der Waals surface area contributed by atoms with E-state index in [4.69, 9.17) is 21.8 Å². The molecule has 4 N–H and O–H groups in total. The number of aliphatic hydroxyl groups is 1. The normalized spacial score (nSPS) is 13.8. The number of halogens is 1. The van der Waals surface area contributed by atoms with Gasteiger partial charge in [0, 0.05) is 28.8 Å². The molecule has 2 atom stereocenters. The van der Waals surface area contributed by atoms with E-state index >= 15 is 0 Å². The van der Waals surface area contributed by atoms with Crippen molar-refractivity contribution in [3.05, 3.63) is 47.0 Å². The van der Waals surface area contributed by atoms with Crippen LogP contribution in [0.4, 0.5) is 0 Å². The third kappa shape index (κ3) is 10.8. The monoisotopic (exact) mass is 357 g/mol. The lowest BCUT2D eigenvalue weighted by Gasteiger charge is -2.29. The Hall–Kier alpha value is -1.89. The summed E-state index contributed by atoms with van der Waals surface area (Å²) in [7, 11) is 0. The number of rotatable bonds is 5. The summed E-state index contributed by atoms with van der Waals surface area (Å²) >= 11 is 5.90. The number of benzene rings is 1. The number of aliphatic carboxylic acids is 2. The average molecular weight is 358 g/mol. The third-order valence-corrected chi connectivity index (χ3v) is 2.93. The Labute approximate surface area is 146 Å². The molecular formula is C17H24ClNO5. The summed E-state index contributed by atoms with van der Waals surface area (Å²) in [4.78, 5) is 19.1. The fourth-order valence-electron chi connectivity index (χ4n) is 1.88. The topological polar surface area (TPSA) is 107 Å². The van der Waals surface area contributed by atoms with Crippen LogP contribution in [0.15, 0.2) is 36.4 Å². The molecule has 1 aromatic carbocycles. The van der Waals surface area contributed by atoms with E-state index in [-0.39, 0.29) is 11.6 Å². The van der Waals surface area contributed by atoms with Gasteiger partial charge in [0.2, 0.25) is 0 Å². The molecule has 0 aliphatic heterocycles. The van der Waals surface area contributed by atoms with Crippen molar-refractivity contribution in [3.8, 4) is 0 Å². The van der Waals surface area contributed by atoms with Gasteiger partial charge in [-0.05, 0) is 45.4 Å². The van der Waals surface area contributed by atoms with Crippen LogP contribution in [0.5, 0.6) is 0 Å². The van der Waals surface area contributed by atoms with Crippen LogP contribution in [0.1, 0.15) is 39.4 Å². The molecule has 0 unspecified atom stereocenters. The Morgan fingerprint density at radius 3 is 2.04 bits per heavy atom. The molecule has 0 heterocycles. The number of carbonyl (C=O) groups is 2. The Morgan fingerprint density at radius 2 is 1.67 bits per heavy atom. The molecule has 0 bridgehead atoms. The van der Waals surface area contributed by atoms with E-state index in [1.165, 1.54) is 0 Å². The predicted octanol–water partition coefficient (Wildman–Crippen LogP) is 2.86. The summed E-state index contributed by atoms with van der Waals surface area (Å²) < 4.78 is 0. The number of hydrogen-bond acceptors (Lipinski definition) is 4. The van der Waals surface area contributed by atoms with Gasteiger partial charge in [0.15, 0.2) is 0 Å². The summed E-state index contributed by atoms with van der Waals surface area (Å²) in [5, 5.41) is 29.8. The largest absolute Gasteiger partial charge is 0.478 e. The summed E-state index contributed by atoms with van der Waals surface area (Å²) in [6, 6.07) is 7.33. The third-order valence-electron chi connectivity index (χ3n) is 2.69. The fourth-order valence-corrected chi connectivity index (χ4v) is 2.08. The number of aliphatic hydroxyl groups excluding tert-OH is 1. The minimum Gasteiger partial charge on any atom is -0.478 e. The lowest BCUT2D eigenvalue weighted by atomic mass is 10.00. The van der Waals surface area contributed by atoms with Crippen molar-refractivity contribution >= 4 is 23.5 Å². The Bertz CT molecular complexity index is 565. The van der Waals surface area contributed by atoms with Gasteiger partial charge in [-0.25, -0.2) is 9.59 Å². The molecule has 7 heteroatoms. The van der Waals surface area contributed by atoms with Gasteiger partial charge >= 0.3 is 11.9 Å². The lowest BCUT2D eigenvalue weighted by Crippen LogP contribution is -2.44. The van der Waals surface area contributed by atoms with Crippen molar-refractivity contribution in [1.29, 1.82) is 0 Å². The van der Waals surface area contributed by atoms with E-state index in [9.17, 15) is 14.7 Å². The highest BCUT2D eigenvalue weighted by molar-refractivity contribution is 6.30. The van der Waals surface area contributed by atoms with Crippen molar-refractivity contribution in [2.45, 2.75) is 45.4 Å². The molecule has 134 valence electrons. The van der Waals surface area contributed by atoms with Crippen LogP contribution in [0, 0.1) is 0 Å². The van der Waals surface area contributed by atoms with Crippen LogP contribution < -0.4 is 5.32 Å². The van der Waals surface area contributed by atoms with Crippen molar-refractivity contribution in [3.63, 3.8) is 0 Å². The van der Waals surface area contributed by atoms with E-state index < -0.39 is 18.0 Å². The molecule has 1 aromatic rings. The molecule has 0 fully saturated rings. The lowest BCUT2D eigenvalue weighted by molar-refractivity contribution is -0.134. The van der Waals surface area contributed by atoms with E-state index in [0.29, 0.717) is 17.2 Å². The van der Waals surface area contributed by atoms with Gasteiger partial charge in [-0.1, -0.05) is 23.7 Å². The highest BCUT2D eigenvalue weighted by atomic mass is 35.5. The SMILES string of the molecule is C[C@H](NC(C)(C)C)[C@H](O)c1cccc(Cl)c1.O=C(O)/C=C\C(=O)O. The van der Waals surface area contributed by atoms with Crippen molar-refractivity contribution in [1.82, 2.24) is 5.32 Å². The van der Waals surface area contributed by atoms with E-state index in [1.54, 1.807) is 12.1 Å². The molecule has 0 saturated carbocycles. The number of nitrogens with one attached hydrogen (secondary N) is 1. The minimum atomic E-state index is -1.26. The number of carboxylic acids is 2. The predicted molar refractivity (Wildman–Crippen MR) is 93.2 cm³/mol. The summed E-state index contributed by atoms with van der Waals surface area (Å²) in [5.41, 5.74) is 0.829. The molecule has 1 rings (SSSR count). The quantitative estimate of drug-likeness (QED) is 0.604. The Kier molecular flexibility index (Phi) is 9.28. The van der Waals surface area contributed by atoms with Crippen LogP contribution in [0.3, 0.4) is 0 Å². The first-order valence-electron chi connectivity index (χ1n) is 7.27. The maximum absolute atomic E-state index is 10.2. The Morgan fingerprint density at radius 1 is 1.17 bits per heavy atom.